The van der Waals surface area contributed by atoms with Gasteiger partial charge in [0.15, 0.2) is 0 Å². The fourth-order valence-corrected chi connectivity index (χ4v) is 3.81. The molecule has 0 spiro atoms. The Balaban J connectivity index is 1.94. The molecule has 0 saturated heterocycles. The van der Waals surface area contributed by atoms with Gasteiger partial charge >= 0.3 is 13.6 Å². The summed E-state index contributed by atoms with van der Waals surface area (Å²) in [5, 5.41) is 16.1. The Morgan fingerprint density at radius 1 is 1.10 bits per heavy atom. The maximum absolute atomic E-state index is 12.9. The van der Waals surface area contributed by atoms with E-state index >= 15 is 0 Å². The quantitative estimate of drug-likeness (QED) is 0.223. The van der Waals surface area contributed by atoms with Crippen LogP contribution in [0.5, 0.6) is 5.75 Å². The standard InChI is InChI=1S/C20H26N3O7P/c1-14(2)30-20(24)15(3)21-31(27,28-4)22-17-7-5-16(6-8-17)13-29-19-11-9-18(10-12-19)23(25)26/h5-12,14-15H,13H2,1-4H3,(H2,21,22,27). The molecule has 2 atom stereocenters. The van der Waals surface area contributed by atoms with Gasteiger partial charge in [0.25, 0.3) is 5.69 Å². The van der Waals surface area contributed by atoms with Gasteiger partial charge in [-0.2, -0.15) is 0 Å². The smallest absolute Gasteiger partial charge is 0.366 e. The van der Waals surface area contributed by atoms with Gasteiger partial charge in [0.1, 0.15) is 18.4 Å². The molecule has 168 valence electrons. The third-order valence-electron chi connectivity index (χ3n) is 4.01. The van der Waals surface area contributed by atoms with Crippen LogP contribution in [0.2, 0.25) is 0 Å². The highest BCUT2D eigenvalue weighted by molar-refractivity contribution is 7.58. The van der Waals surface area contributed by atoms with Crippen LogP contribution in [0.15, 0.2) is 48.5 Å². The summed E-state index contributed by atoms with van der Waals surface area (Å²) >= 11 is 0. The van der Waals surface area contributed by atoms with Crippen molar-refractivity contribution >= 4 is 25.0 Å². The topological polar surface area (TPSA) is 129 Å². The lowest BCUT2D eigenvalue weighted by Gasteiger charge is -2.23. The van der Waals surface area contributed by atoms with Crippen LogP contribution in [-0.4, -0.2) is 30.1 Å². The predicted octanol–water partition coefficient (Wildman–Crippen LogP) is 4.27. The number of hydrogen-bond donors (Lipinski definition) is 2. The summed E-state index contributed by atoms with van der Waals surface area (Å²) in [5.41, 5.74) is 1.34. The Hall–Kier alpha value is -2.94. The molecule has 0 aliphatic rings. The molecule has 0 amide bonds. The average Bonchev–Trinajstić information content (AvgIpc) is 2.73. The van der Waals surface area contributed by atoms with Gasteiger partial charge in [-0.05, 0) is 50.6 Å². The minimum atomic E-state index is -3.55. The van der Waals surface area contributed by atoms with Gasteiger partial charge in [-0.15, -0.1) is 0 Å². The van der Waals surface area contributed by atoms with Crippen molar-refractivity contribution in [2.45, 2.75) is 39.5 Å². The number of carbonyl (C=O) groups is 1. The number of ether oxygens (including phenoxy) is 2. The molecule has 0 aliphatic heterocycles. The van der Waals surface area contributed by atoms with Crippen LogP contribution in [0.4, 0.5) is 11.4 Å². The zero-order valence-corrected chi connectivity index (χ0v) is 18.6. The fourth-order valence-electron chi connectivity index (χ4n) is 2.45. The first-order valence-corrected chi connectivity index (χ1v) is 11.1. The molecule has 10 nitrogen and oxygen atoms in total. The van der Waals surface area contributed by atoms with Crippen LogP contribution < -0.4 is 14.9 Å². The molecule has 0 aliphatic carbocycles. The SMILES string of the molecule is COP(=O)(Nc1ccc(COc2ccc([N+](=O)[O-])cc2)cc1)NC(C)C(=O)OC(C)C. The van der Waals surface area contributed by atoms with Crippen molar-refractivity contribution in [1.29, 1.82) is 0 Å². The first kappa shape index (κ1) is 24.3. The molecule has 0 radical (unpaired) electrons. The van der Waals surface area contributed by atoms with Crippen LogP contribution in [0.1, 0.15) is 26.3 Å². The first-order valence-electron chi connectivity index (χ1n) is 9.50. The van der Waals surface area contributed by atoms with Crippen molar-refractivity contribution in [2.75, 3.05) is 12.2 Å². The monoisotopic (exact) mass is 451 g/mol. The largest absolute Gasteiger partial charge is 0.489 e. The second-order valence-electron chi connectivity index (χ2n) is 6.92. The lowest BCUT2D eigenvalue weighted by Crippen LogP contribution is -2.36. The van der Waals surface area contributed by atoms with Gasteiger partial charge in [-0.1, -0.05) is 12.1 Å². The van der Waals surface area contributed by atoms with Crippen LogP contribution in [0.25, 0.3) is 0 Å². The molecule has 2 rings (SSSR count). The van der Waals surface area contributed by atoms with E-state index in [2.05, 4.69) is 10.2 Å². The van der Waals surface area contributed by atoms with E-state index in [-0.39, 0.29) is 18.4 Å². The maximum Gasteiger partial charge on any atom is 0.366 e. The van der Waals surface area contributed by atoms with E-state index in [9.17, 15) is 19.5 Å². The highest BCUT2D eigenvalue weighted by Gasteiger charge is 2.28. The van der Waals surface area contributed by atoms with Crippen LogP contribution in [-0.2, 0) is 25.2 Å². The average molecular weight is 451 g/mol. The Morgan fingerprint density at radius 2 is 1.71 bits per heavy atom. The highest BCUT2D eigenvalue weighted by Crippen LogP contribution is 2.42. The maximum atomic E-state index is 12.9. The van der Waals surface area contributed by atoms with Crippen molar-refractivity contribution in [1.82, 2.24) is 5.09 Å². The molecule has 0 saturated carbocycles. The van der Waals surface area contributed by atoms with Crippen LogP contribution in [0, 0.1) is 10.1 Å². The number of rotatable bonds is 11. The van der Waals surface area contributed by atoms with E-state index < -0.39 is 24.6 Å². The number of nitrogens with one attached hydrogen (secondary N) is 2. The summed E-state index contributed by atoms with van der Waals surface area (Å²) < 4.78 is 28.7. The fraction of sp³-hybridized carbons (Fsp3) is 0.350. The first-order chi connectivity index (χ1) is 14.6. The minimum absolute atomic E-state index is 0.00857. The Kier molecular flexibility index (Phi) is 8.56. The number of nitro benzene ring substituents is 1. The summed E-state index contributed by atoms with van der Waals surface area (Å²) in [6.07, 6.45) is -0.285. The molecule has 0 fully saturated rings. The van der Waals surface area contributed by atoms with Crippen molar-refractivity contribution in [3.8, 4) is 5.75 Å². The molecule has 0 heterocycles. The van der Waals surface area contributed by atoms with E-state index in [1.807, 2.05) is 0 Å². The number of nitrogens with zero attached hydrogens (tertiary/aromatic N) is 1. The molecule has 2 unspecified atom stereocenters. The van der Waals surface area contributed by atoms with E-state index in [0.717, 1.165) is 5.56 Å². The summed E-state index contributed by atoms with van der Waals surface area (Å²) in [5.74, 6) is -0.0315. The molecular weight excluding hydrogens is 425 g/mol. The zero-order chi connectivity index (χ0) is 23.0. The Bertz CT molecular complexity index is 933. The van der Waals surface area contributed by atoms with Crippen molar-refractivity contribution in [3.05, 3.63) is 64.2 Å². The van der Waals surface area contributed by atoms with Crippen molar-refractivity contribution in [2.24, 2.45) is 0 Å². The van der Waals surface area contributed by atoms with E-state index in [1.165, 1.54) is 38.3 Å². The van der Waals surface area contributed by atoms with Gasteiger partial charge in [0.2, 0.25) is 0 Å². The zero-order valence-electron chi connectivity index (χ0n) is 17.7. The van der Waals surface area contributed by atoms with Gasteiger partial charge < -0.3 is 19.1 Å². The molecule has 11 heteroatoms. The number of hydrogen-bond acceptors (Lipinski definition) is 7. The number of carbonyl (C=O) groups excluding carboxylic acids is 1. The molecule has 2 aromatic carbocycles. The molecule has 0 aromatic heterocycles. The molecule has 0 bridgehead atoms. The number of benzene rings is 2. The summed E-state index contributed by atoms with van der Waals surface area (Å²) in [4.78, 5) is 22.2. The van der Waals surface area contributed by atoms with E-state index in [0.29, 0.717) is 11.4 Å². The van der Waals surface area contributed by atoms with E-state index in [1.54, 1.807) is 38.1 Å². The lowest BCUT2D eigenvalue weighted by molar-refractivity contribution is -0.384. The second kappa shape index (κ2) is 10.9. The minimum Gasteiger partial charge on any atom is -0.489 e. The predicted molar refractivity (Wildman–Crippen MR) is 116 cm³/mol. The third kappa shape index (κ3) is 7.67. The Morgan fingerprint density at radius 3 is 2.23 bits per heavy atom. The van der Waals surface area contributed by atoms with Gasteiger partial charge in [-0.25, -0.2) is 9.65 Å². The summed E-state index contributed by atoms with van der Waals surface area (Å²) in [7, 11) is -2.28. The summed E-state index contributed by atoms with van der Waals surface area (Å²) in [6.45, 7) is 5.24. The van der Waals surface area contributed by atoms with Gasteiger partial charge in [-0.3, -0.25) is 14.9 Å². The second-order valence-corrected chi connectivity index (χ2v) is 8.87. The molecule has 2 N–H and O–H groups in total. The van der Waals surface area contributed by atoms with Gasteiger partial charge in [0.05, 0.1) is 11.0 Å². The molecule has 2 aromatic rings. The number of nitro groups is 1. The van der Waals surface area contributed by atoms with E-state index in [4.69, 9.17) is 14.0 Å². The van der Waals surface area contributed by atoms with Crippen LogP contribution >= 0.6 is 7.67 Å². The van der Waals surface area contributed by atoms with Crippen LogP contribution in [0.3, 0.4) is 0 Å². The molecular formula is C20H26N3O7P. The highest BCUT2D eigenvalue weighted by atomic mass is 31.2. The normalized spacial score (nSPS) is 13.8. The summed E-state index contributed by atoms with van der Waals surface area (Å²) in [6, 6.07) is 11.9. The Labute approximate surface area is 180 Å². The van der Waals surface area contributed by atoms with Gasteiger partial charge in [0, 0.05) is 24.9 Å². The number of non-ortho nitro benzene ring substituents is 1. The molecule has 31 heavy (non-hydrogen) atoms. The van der Waals surface area contributed by atoms with Crippen molar-refractivity contribution < 1.29 is 28.3 Å². The lowest BCUT2D eigenvalue weighted by atomic mass is 10.2. The number of anilines is 1. The number of esters is 1. The van der Waals surface area contributed by atoms with Crippen molar-refractivity contribution in [3.63, 3.8) is 0 Å². The third-order valence-corrected chi connectivity index (χ3v) is 5.80.